The van der Waals surface area contributed by atoms with E-state index < -0.39 is 19.4 Å². The van der Waals surface area contributed by atoms with Crippen molar-refractivity contribution in [2.75, 3.05) is 19.8 Å². The Labute approximate surface area is 123 Å². The molecule has 1 aromatic rings. The summed E-state index contributed by atoms with van der Waals surface area (Å²) in [5.74, 6) is 0. The molecule has 0 aliphatic heterocycles. The number of hydrogen-bond donors (Lipinski definition) is 2. The lowest BCUT2D eigenvalue weighted by Crippen LogP contribution is -2.25. The highest BCUT2D eigenvalue weighted by Crippen LogP contribution is 2.43. The highest BCUT2D eigenvalue weighted by molar-refractivity contribution is 7.70. The van der Waals surface area contributed by atoms with Gasteiger partial charge in [0.1, 0.15) is 12.7 Å². The molecule has 1 unspecified atom stereocenters. The molecule has 0 fully saturated rings. The van der Waals surface area contributed by atoms with Crippen LogP contribution in [0.25, 0.3) is 0 Å². The van der Waals surface area contributed by atoms with Crippen LogP contribution in [0.4, 0.5) is 4.79 Å². The first kappa shape index (κ1) is 17.8. The molecule has 0 heterocycles. The molecular formula is C13H19O7P. The SMILES string of the molecule is CCOP(=O)(O)C(=O)OC[C@H](CO)OCc1ccccc1. The molecule has 118 valence electrons. The van der Waals surface area contributed by atoms with Gasteiger partial charge in [-0.1, -0.05) is 30.3 Å². The summed E-state index contributed by atoms with van der Waals surface area (Å²) in [5, 5.41) is 9.14. The maximum absolute atomic E-state index is 11.4. The van der Waals surface area contributed by atoms with Crippen LogP contribution in [0.2, 0.25) is 0 Å². The zero-order valence-corrected chi connectivity index (χ0v) is 12.6. The van der Waals surface area contributed by atoms with Gasteiger partial charge in [-0.25, -0.2) is 9.36 Å². The predicted octanol–water partition coefficient (Wildman–Crippen LogP) is 1.92. The summed E-state index contributed by atoms with van der Waals surface area (Å²) in [6, 6.07) is 9.24. The van der Waals surface area contributed by atoms with Gasteiger partial charge < -0.3 is 24.0 Å². The zero-order valence-electron chi connectivity index (χ0n) is 11.7. The topological polar surface area (TPSA) is 102 Å². The summed E-state index contributed by atoms with van der Waals surface area (Å²) in [5.41, 5.74) is -0.462. The van der Waals surface area contributed by atoms with E-state index in [4.69, 9.17) is 9.84 Å². The third kappa shape index (κ3) is 6.37. The van der Waals surface area contributed by atoms with Crippen LogP contribution in [0.5, 0.6) is 0 Å². The van der Waals surface area contributed by atoms with E-state index in [9.17, 15) is 14.3 Å². The van der Waals surface area contributed by atoms with Crippen molar-refractivity contribution in [3.63, 3.8) is 0 Å². The van der Waals surface area contributed by atoms with Gasteiger partial charge in [-0.05, 0) is 12.5 Å². The molecule has 0 amide bonds. The minimum atomic E-state index is -4.43. The van der Waals surface area contributed by atoms with Crippen LogP contribution in [-0.4, -0.2) is 41.6 Å². The molecule has 2 N–H and O–H groups in total. The van der Waals surface area contributed by atoms with Gasteiger partial charge in [0.15, 0.2) is 0 Å². The van der Waals surface area contributed by atoms with E-state index in [2.05, 4.69) is 9.26 Å². The van der Waals surface area contributed by atoms with Crippen molar-refractivity contribution in [3.05, 3.63) is 35.9 Å². The van der Waals surface area contributed by atoms with Crippen LogP contribution in [-0.2, 0) is 25.2 Å². The minimum Gasteiger partial charge on any atom is -0.454 e. The predicted molar refractivity (Wildman–Crippen MR) is 74.9 cm³/mol. The van der Waals surface area contributed by atoms with Crippen LogP contribution in [0, 0.1) is 0 Å². The van der Waals surface area contributed by atoms with E-state index in [1.54, 1.807) is 0 Å². The fourth-order valence-corrected chi connectivity index (χ4v) is 2.11. The van der Waals surface area contributed by atoms with Crippen LogP contribution in [0.15, 0.2) is 30.3 Å². The van der Waals surface area contributed by atoms with Gasteiger partial charge in [0.05, 0.1) is 19.8 Å². The van der Waals surface area contributed by atoms with Crippen molar-refractivity contribution in [3.8, 4) is 0 Å². The lowest BCUT2D eigenvalue weighted by atomic mass is 10.2. The van der Waals surface area contributed by atoms with Crippen molar-refractivity contribution >= 4 is 13.3 Å². The molecule has 0 aromatic heterocycles. The highest BCUT2D eigenvalue weighted by Gasteiger charge is 2.32. The number of hydrogen-bond acceptors (Lipinski definition) is 6. The Morgan fingerprint density at radius 1 is 1.33 bits per heavy atom. The number of carbonyl (C=O) groups excluding carboxylic acids is 1. The molecule has 0 saturated carbocycles. The molecular weight excluding hydrogens is 299 g/mol. The number of aliphatic hydroxyl groups is 1. The monoisotopic (exact) mass is 318 g/mol. The highest BCUT2D eigenvalue weighted by atomic mass is 31.2. The Morgan fingerprint density at radius 3 is 2.57 bits per heavy atom. The molecule has 21 heavy (non-hydrogen) atoms. The number of rotatable bonds is 9. The molecule has 7 nitrogen and oxygen atoms in total. The molecule has 1 rings (SSSR count). The van der Waals surface area contributed by atoms with E-state index in [1.165, 1.54) is 6.92 Å². The average Bonchev–Trinajstić information content (AvgIpc) is 2.48. The largest absolute Gasteiger partial charge is 0.454 e. The number of ether oxygens (including phenoxy) is 2. The smallest absolute Gasteiger partial charge is 0.435 e. The van der Waals surface area contributed by atoms with Gasteiger partial charge >= 0.3 is 13.3 Å². The van der Waals surface area contributed by atoms with Crippen LogP contribution < -0.4 is 0 Å². The minimum absolute atomic E-state index is 0.0865. The number of carbonyl (C=O) groups is 1. The Bertz CT molecular complexity index is 477. The molecule has 0 aliphatic carbocycles. The van der Waals surface area contributed by atoms with Crippen LogP contribution in [0.3, 0.4) is 0 Å². The summed E-state index contributed by atoms with van der Waals surface area (Å²) in [6.07, 6.45) is -0.782. The maximum Gasteiger partial charge on any atom is 0.435 e. The molecule has 0 saturated heterocycles. The van der Waals surface area contributed by atoms with Crippen molar-refractivity contribution < 1.29 is 33.4 Å². The summed E-state index contributed by atoms with van der Waals surface area (Å²) in [6.45, 7) is 0.905. The van der Waals surface area contributed by atoms with Gasteiger partial charge in [-0.3, -0.25) is 0 Å². The molecule has 2 atom stereocenters. The van der Waals surface area contributed by atoms with E-state index in [1.807, 2.05) is 30.3 Å². The molecule has 1 aromatic carbocycles. The molecule has 0 bridgehead atoms. The fraction of sp³-hybridized carbons (Fsp3) is 0.462. The molecule has 8 heteroatoms. The fourth-order valence-electron chi connectivity index (χ4n) is 1.42. The summed E-state index contributed by atoms with van der Waals surface area (Å²) in [7, 11) is -4.43. The van der Waals surface area contributed by atoms with E-state index >= 15 is 0 Å². The summed E-state index contributed by atoms with van der Waals surface area (Å²) in [4.78, 5) is 20.6. The lowest BCUT2D eigenvalue weighted by Gasteiger charge is -2.16. The first-order chi connectivity index (χ1) is 9.99. The summed E-state index contributed by atoms with van der Waals surface area (Å²) >= 11 is 0. The average molecular weight is 318 g/mol. The third-order valence-corrected chi connectivity index (χ3v) is 3.66. The van der Waals surface area contributed by atoms with Gasteiger partial charge in [0, 0.05) is 0 Å². The Hall–Kier alpha value is -1.24. The second-order valence-corrected chi connectivity index (χ2v) is 5.78. The Balaban J connectivity index is 2.41. The first-order valence-corrected chi connectivity index (χ1v) is 7.98. The normalized spacial score (nSPS) is 15.2. The van der Waals surface area contributed by atoms with Gasteiger partial charge in [0.25, 0.3) is 0 Å². The van der Waals surface area contributed by atoms with Crippen molar-refractivity contribution in [2.24, 2.45) is 0 Å². The Morgan fingerprint density at radius 2 is 2.00 bits per heavy atom. The van der Waals surface area contributed by atoms with Crippen molar-refractivity contribution in [2.45, 2.75) is 19.6 Å². The van der Waals surface area contributed by atoms with Crippen molar-refractivity contribution in [1.29, 1.82) is 0 Å². The van der Waals surface area contributed by atoms with E-state index in [0.29, 0.717) is 0 Å². The first-order valence-electron chi connectivity index (χ1n) is 6.40. The second-order valence-electron chi connectivity index (χ2n) is 4.12. The van der Waals surface area contributed by atoms with Gasteiger partial charge in [0.2, 0.25) is 0 Å². The number of aliphatic hydroxyl groups excluding tert-OH is 1. The Kier molecular flexibility index (Phi) is 7.56. The van der Waals surface area contributed by atoms with E-state index in [0.717, 1.165) is 5.56 Å². The lowest BCUT2D eigenvalue weighted by molar-refractivity contribution is -0.0302. The molecule has 0 radical (unpaired) electrons. The summed E-state index contributed by atoms with van der Waals surface area (Å²) < 4.78 is 25.8. The molecule has 0 aliphatic rings. The van der Waals surface area contributed by atoms with Crippen LogP contribution >= 0.6 is 7.60 Å². The second kappa shape index (κ2) is 8.92. The van der Waals surface area contributed by atoms with E-state index in [-0.39, 0.29) is 26.4 Å². The third-order valence-electron chi connectivity index (χ3n) is 2.46. The standard InChI is InChI=1S/C13H19O7P/c1-2-20-21(16,17)13(15)19-10-12(8-14)18-9-11-6-4-3-5-7-11/h3-7,12,14H,2,8-10H2,1H3,(H,16,17)/t12-/m0/s1. The van der Waals surface area contributed by atoms with Gasteiger partial charge in [-0.2, -0.15) is 0 Å². The van der Waals surface area contributed by atoms with Gasteiger partial charge in [-0.15, -0.1) is 0 Å². The molecule has 0 spiro atoms. The number of benzene rings is 1. The van der Waals surface area contributed by atoms with Crippen molar-refractivity contribution in [1.82, 2.24) is 0 Å². The van der Waals surface area contributed by atoms with Crippen LogP contribution in [0.1, 0.15) is 12.5 Å². The quantitative estimate of drug-likeness (QED) is 0.671. The maximum atomic E-state index is 11.4. The zero-order chi connectivity index (χ0) is 15.7.